The molecular formula is C20H30N4O3. The first-order valence-corrected chi connectivity index (χ1v) is 9.42. The van der Waals surface area contributed by atoms with E-state index in [0.717, 1.165) is 25.3 Å². The van der Waals surface area contributed by atoms with Gasteiger partial charge in [-0.1, -0.05) is 12.1 Å². The molecule has 2 amide bonds. The Morgan fingerprint density at radius 3 is 2.30 bits per heavy atom. The van der Waals surface area contributed by atoms with Gasteiger partial charge in [-0.2, -0.15) is 0 Å². The summed E-state index contributed by atoms with van der Waals surface area (Å²) in [4.78, 5) is 30.5. The van der Waals surface area contributed by atoms with Crippen LogP contribution in [0.1, 0.15) is 54.3 Å². The third-order valence-electron chi connectivity index (χ3n) is 4.49. The predicted molar refractivity (Wildman–Crippen MR) is 106 cm³/mol. The molecule has 0 radical (unpaired) electrons. The number of methoxy groups -OCH3 is 1. The van der Waals surface area contributed by atoms with E-state index in [1.807, 2.05) is 20.8 Å². The van der Waals surface area contributed by atoms with Crippen LogP contribution in [0.3, 0.4) is 0 Å². The number of rotatable bonds is 9. The summed E-state index contributed by atoms with van der Waals surface area (Å²) in [5, 5.41) is 6.48. The monoisotopic (exact) mass is 374 g/mol. The quantitative estimate of drug-likeness (QED) is 0.299. The highest BCUT2D eigenvalue weighted by Gasteiger charge is 2.34. The minimum atomic E-state index is -0.312. The van der Waals surface area contributed by atoms with Gasteiger partial charge in [0.25, 0.3) is 11.8 Å². The molecular weight excluding hydrogens is 344 g/mol. The van der Waals surface area contributed by atoms with Crippen LogP contribution in [0.25, 0.3) is 0 Å². The van der Waals surface area contributed by atoms with E-state index < -0.39 is 0 Å². The van der Waals surface area contributed by atoms with E-state index >= 15 is 0 Å². The molecule has 0 spiro atoms. The molecule has 0 saturated heterocycles. The molecule has 1 aromatic rings. The average molecular weight is 374 g/mol. The van der Waals surface area contributed by atoms with Crippen LogP contribution >= 0.6 is 0 Å². The van der Waals surface area contributed by atoms with Crippen LogP contribution in [0.5, 0.6) is 0 Å². The molecule has 27 heavy (non-hydrogen) atoms. The molecule has 0 bridgehead atoms. The number of nitrogens with zero attached hydrogens (tertiary/aromatic N) is 2. The Bertz CT molecular complexity index is 665. The fourth-order valence-corrected chi connectivity index (χ4v) is 2.72. The van der Waals surface area contributed by atoms with Gasteiger partial charge < -0.3 is 15.4 Å². The number of amides is 2. The van der Waals surface area contributed by atoms with Gasteiger partial charge in [0.05, 0.1) is 23.3 Å². The minimum absolute atomic E-state index is 0.194. The van der Waals surface area contributed by atoms with Gasteiger partial charge in [-0.3, -0.25) is 19.5 Å². The van der Waals surface area contributed by atoms with Gasteiger partial charge in [0.1, 0.15) is 0 Å². The number of ether oxygens (including phenoxy) is 1. The van der Waals surface area contributed by atoms with Crippen LogP contribution in [0.2, 0.25) is 0 Å². The van der Waals surface area contributed by atoms with Crippen molar-refractivity contribution < 1.29 is 14.3 Å². The molecule has 2 N–H and O–H groups in total. The third-order valence-corrected chi connectivity index (χ3v) is 4.49. The molecule has 0 unspecified atom stereocenters. The lowest BCUT2D eigenvalue weighted by molar-refractivity contribution is 0.0310. The molecule has 1 heterocycles. The van der Waals surface area contributed by atoms with Gasteiger partial charge in [-0.15, -0.1) is 0 Å². The van der Waals surface area contributed by atoms with E-state index in [4.69, 9.17) is 4.74 Å². The number of unbranched alkanes of at least 4 members (excludes halogenated alkanes) is 1. The van der Waals surface area contributed by atoms with E-state index in [0.29, 0.717) is 30.8 Å². The molecule has 0 saturated carbocycles. The molecule has 2 rings (SSSR count). The van der Waals surface area contributed by atoms with Gasteiger partial charge >= 0.3 is 0 Å². The normalized spacial score (nSPS) is 14.5. The van der Waals surface area contributed by atoms with Crippen molar-refractivity contribution in [1.82, 2.24) is 15.5 Å². The highest BCUT2D eigenvalue weighted by molar-refractivity contribution is 6.21. The number of carbonyl (C=O) groups excluding carboxylic acids is 2. The lowest BCUT2D eigenvalue weighted by Crippen LogP contribution is -2.39. The zero-order valence-electron chi connectivity index (χ0n) is 16.7. The maximum atomic E-state index is 12.3. The van der Waals surface area contributed by atoms with Crippen molar-refractivity contribution in [2.24, 2.45) is 4.99 Å². The largest absolute Gasteiger partial charge is 0.377 e. The highest BCUT2D eigenvalue weighted by atomic mass is 16.5. The molecule has 7 heteroatoms. The molecule has 1 aliphatic heterocycles. The summed E-state index contributed by atoms with van der Waals surface area (Å²) >= 11 is 0. The number of benzene rings is 1. The van der Waals surface area contributed by atoms with Crippen LogP contribution in [0.15, 0.2) is 29.3 Å². The molecule has 0 fully saturated rings. The van der Waals surface area contributed by atoms with Gasteiger partial charge in [0, 0.05) is 26.7 Å². The lowest BCUT2D eigenvalue weighted by Gasteiger charge is -2.21. The van der Waals surface area contributed by atoms with E-state index in [-0.39, 0.29) is 17.4 Å². The summed E-state index contributed by atoms with van der Waals surface area (Å²) < 4.78 is 5.38. The Kier molecular flexibility index (Phi) is 7.36. The van der Waals surface area contributed by atoms with E-state index in [9.17, 15) is 9.59 Å². The minimum Gasteiger partial charge on any atom is -0.377 e. The van der Waals surface area contributed by atoms with Crippen molar-refractivity contribution in [1.29, 1.82) is 0 Å². The Balaban J connectivity index is 1.77. The van der Waals surface area contributed by atoms with Crippen molar-refractivity contribution in [3.05, 3.63) is 35.4 Å². The summed E-state index contributed by atoms with van der Waals surface area (Å²) in [6.45, 7) is 8.45. The number of hydrogen-bond acceptors (Lipinski definition) is 4. The van der Waals surface area contributed by atoms with Crippen LogP contribution in [-0.2, 0) is 4.74 Å². The summed E-state index contributed by atoms with van der Waals surface area (Å²) in [5.74, 6) is 0.351. The van der Waals surface area contributed by atoms with Gasteiger partial charge in [0.15, 0.2) is 5.96 Å². The second-order valence-electron chi connectivity index (χ2n) is 7.10. The molecule has 0 atom stereocenters. The zero-order chi connectivity index (χ0) is 19.9. The van der Waals surface area contributed by atoms with Gasteiger partial charge in [-0.25, -0.2) is 0 Å². The van der Waals surface area contributed by atoms with Crippen molar-refractivity contribution in [3.63, 3.8) is 0 Å². The predicted octanol–water partition coefficient (Wildman–Crippen LogP) is 2.04. The number of fused-ring (bicyclic) bond motifs is 1. The standard InChI is InChI=1S/C20H30N4O3/c1-5-21-19(23-14-20(2,3)27-4)22-12-8-9-13-24-17(25)15-10-6-7-11-16(15)18(24)26/h6-7,10-11H,5,8-9,12-14H2,1-4H3,(H2,21,22,23). The molecule has 0 aliphatic carbocycles. The Morgan fingerprint density at radius 2 is 1.74 bits per heavy atom. The number of aliphatic imine (C=N–C) groups is 1. The zero-order valence-corrected chi connectivity index (χ0v) is 16.7. The molecule has 0 aromatic heterocycles. The van der Waals surface area contributed by atoms with Crippen molar-refractivity contribution in [3.8, 4) is 0 Å². The van der Waals surface area contributed by atoms with Crippen LogP contribution in [0.4, 0.5) is 0 Å². The molecule has 7 nitrogen and oxygen atoms in total. The second kappa shape index (κ2) is 9.50. The van der Waals surface area contributed by atoms with E-state index in [1.165, 1.54) is 4.90 Å². The fourth-order valence-electron chi connectivity index (χ4n) is 2.72. The SMILES string of the molecule is CCNC(=NCC(C)(C)OC)NCCCCN1C(=O)c2ccccc2C1=O. The number of carbonyl (C=O) groups is 2. The number of hydrogen-bond donors (Lipinski definition) is 2. The Hall–Kier alpha value is -2.41. The maximum Gasteiger partial charge on any atom is 0.261 e. The van der Waals surface area contributed by atoms with Crippen LogP contribution in [0, 0.1) is 0 Å². The molecule has 148 valence electrons. The number of imide groups is 1. The summed E-state index contributed by atoms with van der Waals surface area (Å²) in [6.07, 6.45) is 1.56. The van der Waals surface area contributed by atoms with Crippen molar-refractivity contribution in [2.45, 2.75) is 39.2 Å². The topological polar surface area (TPSA) is 83.0 Å². The van der Waals surface area contributed by atoms with Crippen LogP contribution in [-0.4, -0.2) is 61.6 Å². The summed E-state index contributed by atoms with van der Waals surface area (Å²) in [5.41, 5.74) is 0.694. The number of guanidine groups is 1. The lowest BCUT2D eigenvalue weighted by atomic mass is 10.1. The van der Waals surface area contributed by atoms with E-state index in [1.54, 1.807) is 31.4 Å². The smallest absolute Gasteiger partial charge is 0.261 e. The average Bonchev–Trinajstić information content (AvgIpc) is 2.91. The van der Waals surface area contributed by atoms with E-state index in [2.05, 4.69) is 15.6 Å². The number of nitrogens with one attached hydrogen (secondary N) is 2. The summed E-state index contributed by atoms with van der Waals surface area (Å²) in [7, 11) is 1.68. The summed E-state index contributed by atoms with van der Waals surface area (Å²) in [6, 6.07) is 6.98. The first-order valence-electron chi connectivity index (χ1n) is 9.42. The maximum absolute atomic E-state index is 12.3. The fraction of sp³-hybridized carbons (Fsp3) is 0.550. The van der Waals surface area contributed by atoms with Crippen molar-refractivity contribution in [2.75, 3.05) is 33.3 Å². The second-order valence-corrected chi connectivity index (χ2v) is 7.10. The Morgan fingerprint density at radius 1 is 1.11 bits per heavy atom. The highest BCUT2D eigenvalue weighted by Crippen LogP contribution is 2.22. The van der Waals surface area contributed by atoms with Gasteiger partial charge in [-0.05, 0) is 45.7 Å². The Labute approximate surface area is 161 Å². The van der Waals surface area contributed by atoms with Crippen molar-refractivity contribution >= 4 is 17.8 Å². The van der Waals surface area contributed by atoms with Gasteiger partial charge in [0.2, 0.25) is 0 Å². The first kappa shape index (κ1) is 20.9. The third kappa shape index (κ3) is 5.53. The molecule has 1 aliphatic rings. The molecule has 1 aromatic carbocycles. The first-order chi connectivity index (χ1) is 12.9. The van der Waals surface area contributed by atoms with Crippen LogP contribution < -0.4 is 10.6 Å².